The zero-order valence-corrected chi connectivity index (χ0v) is 11.9. The van der Waals surface area contributed by atoms with Gasteiger partial charge in [0.2, 0.25) is 0 Å². The van der Waals surface area contributed by atoms with Crippen LogP contribution in [-0.2, 0) is 5.54 Å². The van der Waals surface area contributed by atoms with E-state index in [2.05, 4.69) is 49.9 Å². The third-order valence-corrected chi connectivity index (χ3v) is 4.15. The van der Waals surface area contributed by atoms with Gasteiger partial charge in [-0.3, -0.25) is 4.90 Å². The van der Waals surface area contributed by atoms with Crippen molar-refractivity contribution < 1.29 is 0 Å². The van der Waals surface area contributed by atoms with Crippen LogP contribution in [0.3, 0.4) is 0 Å². The summed E-state index contributed by atoms with van der Waals surface area (Å²) < 4.78 is 0. The Kier molecular flexibility index (Phi) is 4.08. The Balaban J connectivity index is 2.08. The summed E-state index contributed by atoms with van der Waals surface area (Å²) >= 11 is 0. The molecule has 100 valence electrons. The molecule has 18 heavy (non-hydrogen) atoms. The molecular formula is C16H26N2. The van der Waals surface area contributed by atoms with Crippen molar-refractivity contribution in [1.29, 1.82) is 0 Å². The fraction of sp³-hybridized carbons (Fsp3) is 0.625. The molecular weight excluding hydrogens is 220 g/mol. The van der Waals surface area contributed by atoms with Gasteiger partial charge in [0.1, 0.15) is 0 Å². The lowest BCUT2D eigenvalue weighted by Gasteiger charge is -2.35. The van der Waals surface area contributed by atoms with Crippen molar-refractivity contribution in [3.05, 3.63) is 35.9 Å². The van der Waals surface area contributed by atoms with E-state index < -0.39 is 0 Å². The van der Waals surface area contributed by atoms with Crippen molar-refractivity contribution in [2.45, 2.75) is 45.2 Å². The van der Waals surface area contributed by atoms with Gasteiger partial charge in [0, 0.05) is 12.6 Å². The Morgan fingerprint density at radius 3 is 2.61 bits per heavy atom. The van der Waals surface area contributed by atoms with Crippen LogP contribution >= 0.6 is 0 Å². The number of nitrogens with two attached hydrogens (primary N) is 1. The highest BCUT2D eigenvalue weighted by molar-refractivity contribution is 5.23. The quantitative estimate of drug-likeness (QED) is 0.885. The van der Waals surface area contributed by atoms with Gasteiger partial charge in [0.15, 0.2) is 0 Å². The van der Waals surface area contributed by atoms with Crippen molar-refractivity contribution in [1.82, 2.24) is 4.90 Å². The van der Waals surface area contributed by atoms with Crippen molar-refractivity contribution in [3.63, 3.8) is 0 Å². The Labute approximate surface area is 111 Å². The van der Waals surface area contributed by atoms with Gasteiger partial charge in [0.25, 0.3) is 0 Å². The van der Waals surface area contributed by atoms with Crippen LogP contribution in [0.25, 0.3) is 0 Å². The summed E-state index contributed by atoms with van der Waals surface area (Å²) in [6.45, 7) is 8.94. The third-order valence-electron chi connectivity index (χ3n) is 4.15. The maximum absolute atomic E-state index is 6.54. The molecule has 1 heterocycles. The average molecular weight is 246 g/mol. The molecule has 2 rings (SSSR count). The Morgan fingerprint density at radius 1 is 1.33 bits per heavy atom. The summed E-state index contributed by atoms with van der Waals surface area (Å²) in [6.07, 6.45) is 2.64. The lowest BCUT2D eigenvalue weighted by molar-refractivity contribution is 0.168. The van der Waals surface area contributed by atoms with Crippen molar-refractivity contribution in [3.8, 4) is 0 Å². The number of likely N-dealkylation sites (tertiary alicyclic amines) is 1. The molecule has 0 radical (unpaired) electrons. The van der Waals surface area contributed by atoms with Crippen LogP contribution in [0.4, 0.5) is 0 Å². The van der Waals surface area contributed by atoms with Crippen LogP contribution in [0, 0.1) is 5.92 Å². The van der Waals surface area contributed by atoms with E-state index in [1.165, 1.54) is 24.9 Å². The van der Waals surface area contributed by atoms with Gasteiger partial charge >= 0.3 is 0 Å². The summed E-state index contributed by atoms with van der Waals surface area (Å²) in [7, 11) is 0. The SMILES string of the molecule is CC(C)C1CCCN1CC(C)(N)c1ccccc1. The second-order valence-corrected chi connectivity index (χ2v) is 6.21. The lowest BCUT2D eigenvalue weighted by Crippen LogP contribution is -2.48. The first-order valence-electron chi connectivity index (χ1n) is 7.09. The number of hydrogen-bond donors (Lipinski definition) is 1. The molecule has 1 aliphatic rings. The fourth-order valence-corrected chi connectivity index (χ4v) is 3.14. The van der Waals surface area contributed by atoms with Crippen LogP contribution < -0.4 is 5.73 Å². The highest BCUT2D eigenvalue weighted by Crippen LogP contribution is 2.28. The van der Waals surface area contributed by atoms with Crippen molar-refractivity contribution in [2.75, 3.05) is 13.1 Å². The van der Waals surface area contributed by atoms with Gasteiger partial charge in [0.05, 0.1) is 5.54 Å². The number of rotatable bonds is 4. The van der Waals surface area contributed by atoms with Crippen LogP contribution in [-0.4, -0.2) is 24.0 Å². The van der Waals surface area contributed by atoms with Crippen LogP contribution in [0.15, 0.2) is 30.3 Å². The van der Waals surface area contributed by atoms with Gasteiger partial charge in [-0.15, -0.1) is 0 Å². The predicted octanol–water partition coefficient (Wildman–Crippen LogP) is 2.98. The van der Waals surface area contributed by atoms with Gasteiger partial charge in [-0.25, -0.2) is 0 Å². The second kappa shape index (κ2) is 5.41. The summed E-state index contributed by atoms with van der Waals surface area (Å²) in [4.78, 5) is 2.58. The molecule has 0 aliphatic carbocycles. The Morgan fingerprint density at radius 2 is 2.00 bits per heavy atom. The lowest BCUT2D eigenvalue weighted by atomic mass is 9.91. The predicted molar refractivity (Wildman–Crippen MR) is 77.4 cm³/mol. The smallest absolute Gasteiger partial charge is 0.0510 e. The first kappa shape index (κ1) is 13.6. The highest BCUT2D eigenvalue weighted by atomic mass is 15.2. The molecule has 1 aromatic carbocycles. The molecule has 2 atom stereocenters. The molecule has 2 N–H and O–H groups in total. The van der Waals surface area contributed by atoms with Crippen LogP contribution in [0.2, 0.25) is 0 Å². The average Bonchev–Trinajstić information content (AvgIpc) is 2.78. The standard InChI is InChI=1S/C16H26N2/c1-13(2)15-10-7-11-18(15)12-16(3,17)14-8-5-4-6-9-14/h4-6,8-9,13,15H,7,10-12,17H2,1-3H3. The first-order valence-corrected chi connectivity index (χ1v) is 7.09. The van der Waals surface area contributed by atoms with Gasteiger partial charge < -0.3 is 5.73 Å². The first-order chi connectivity index (χ1) is 8.50. The second-order valence-electron chi connectivity index (χ2n) is 6.21. The van der Waals surface area contributed by atoms with Gasteiger partial charge in [-0.05, 0) is 37.8 Å². The zero-order valence-electron chi connectivity index (χ0n) is 11.9. The normalized spacial score (nSPS) is 24.4. The molecule has 1 aliphatic heterocycles. The van der Waals surface area contributed by atoms with E-state index >= 15 is 0 Å². The monoisotopic (exact) mass is 246 g/mol. The minimum absolute atomic E-state index is 0.251. The Hall–Kier alpha value is -0.860. The molecule has 0 aromatic heterocycles. The highest BCUT2D eigenvalue weighted by Gasteiger charge is 2.32. The van der Waals surface area contributed by atoms with E-state index in [0.717, 1.165) is 12.5 Å². The van der Waals surface area contributed by atoms with E-state index in [-0.39, 0.29) is 5.54 Å². The number of benzene rings is 1. The van der Waals surface area contributed by atoms with E-state index in [1.54, 1.807) is 0 Å². The molecule has 0 bridgehead atoms. The third kappa shape index (κ3) is 2.93. The summed E-state index contributed by atoms with van der Waals surface area (Å²) in [5.74, 6) is 0.721. The van der Waals surface area contributed by atoms with Crippen molar-refractivity contribution in [2.24, 2.45) is 11.7 Å². The van der Waals surface area contributed by atoms with E-state index in [0.29, 0.717) is 6.04 Å². The van der Waals surface area contributed by atoms with Gasteiger partial charge in [-0.1, -0.05) is 44.2 Å². The maximum Gasteiger partial charge on any atom is 0.0510 e. The molecule has 0 amide bonds. The minimum Gasteiger partial charge on any atom is -0.321 e. The summed E-state index contributed by atoms with van der Waals surface area (Å²) in [5.41, 5.74) is 7.52. The topological polar surface area (TPSA) is 29.3 Å². The number of nitrogens with zero attached hydrogens (tertiary/aromatic N) is 1. The summed E-state index contributed by atoms with van der Waals surface area (Å²) in [6, 6.07) is 11.2. The fourth-order valence-electron chi connectivity index (χ4n) is 3.14. The minimum atomic E-state index is -0.251. The van der Waals surface area contributed by atoms with Gasteiger partial charge in [-0.2, -0.15) is 0 Å². The number of hydrogen-bond acceptors (Lipinski definition) is 2. The van der Waals surface area contributed by atoms with Crippen LogP contribution in [0.5, 0.6) is 0 Å². The molecule has 1 fully saturated rings. The molecule has 0 spiro atoms. The zero-order chi connectivity index (χ0) is 13.2. The van der Waals surface area contributed by atoms with E-state index in [4.69, 9.17) is 5.73 Å². The van der Waals surface area contributed by atoms with Crippen molar-refractivity contribution >= 4 is 0 Å². The maximum atomic E-state index is 6.54. The molecule has 0 saturated carbocycles. The molecule has 2 heteroatoms. The van der Waals surface area contributed by atoms with Crippen LogP contribution in [0.1, 0.15) is 39.2 Å². The molecule has 1 aromatic rings. The molecule has 2 nitrogen and oxygen atoms in total. The van der Waals surface area contributed by atoms with E-state index in [1.807, 2.05) is 6.07 Å². The largest absolute Gasteiger partial charge is 0.321 e. The Bertz CT molecular complexity index is 370. The molecule has 1 saturated heterocycles. The van der Waals surface area contributed by atoms with E-state index in [9.17, 15) is 0 Å². The summed E-state index contributed by atoms with van der Waals surface area (Å²) in [5, 5.41) is 0. The molecule has 2 unspecified atom stereocenters.